The van der Waals surface area contributed by atoms with Gasteiger partial charge in [-0.2, -0.15) is 9.29 Å². The third kappa shape index (κ3) is 4.31. The molecule has 0 spiro atoms. The molecule has 0 radical (unpaired) electrons. The summed E-state index contributed by atoms with van der Waals surface area (Å²) in [5, 5.41) is 7.19. The summed E-state index contributed by atoms with van der Waals surface area (Å²) in [7, 11) is -3.54. The molecule has 0 saturated carbocycles. The number of morpholine rings is 1. The van der Waals surface area contributed by atoms with Crippen LogP contribution in [-0.2, 0) is 21.3 Å². The fraction of sp³-hybridized carbons (Fsp3) is 0.300. The number of aromatic nitrogens is 2. The molecule has 29 heavy (non-hydrogen) atoms. The number of benzene rings is 2. The van der Waals surface area contributed by atoms with Crippen LogP contribution in [0, 0.1) is 6.92 Å². The average Bonchev–Trinajstić information content (AvgIpc) is 3.22. The molecule has 2 aromatic carbocycles. The number of ether oxygens (including phenoxy) is 1. The molecule has 0 bridgehead atoms. The highest BCUT2D eigenvalue weighted by molar-refractivity contribution is 7.89. The summed E-state index contributed by atoms with van der Waals surface area (Å²) in [5.74, 6) is 0.952. The Morgan fingerprint density at radius 3 is 2.69 bits per heavy atom. The molecule has 0 aliphatic carbocycles. The van der Waals surface area contributed by atoms with Crippen LogP contribution in [0.4, 0.5) is 5.69 Å². The summed E-state index contributed by atoms with van der Waals surface area (Å²) in [6.45, 7) is 3.84. The van der Waals surface area contributed by atoms with Crippen molar-refractivity contribution in [2.75, 3.05) is 31.6 Å². The van der Waals surface area contributed by atoms with Crippen LogP contribution in [0.5, 0.6) is 0 Å². The van der Waals surface area contributed by atoms with E-state index >= 15 is 0 Å². The van der Waals surface area contributed by atoms with Crippen molar-refractivity contribution in [3.05, 3.63) is 60.0 Å². The van der Waals surface area contributed by atoms with E-state index in [0.29, 0.717) is 50.3 Å². The van der Waals surface area contributed by atoms with E-state index in [-0.39, 0.29) is 4.90 Å². The third-order valence-corrected chi connectivity index (χ3v) is 6.63. The van der Waals surface area contributed by atoms with Crippen molar-refractivity contribution in [2.45, 2.75) is 18.4 Å². The summed E-state index contributed by atoms with van der Waals surface area (Å²) in [6, 6.07) is 14.5. The topological polar surface area (TPSA) is 97.6 Å². The SMILES string of the molecule is Cc1ccccc1-c1noc(CNc2cccc(S(=O)(=O)N3CCOCC3)c2)n1. The number of nitrogens with zero attached hydrogens (tertiary/aromatic N) is 3. The van der Waals surface area contributed by atoms with Crippen molar-refractivity contribution >= 4 is 15.7 Å². The zero-order valence-electron chi connectivity index (χ0n) is 16.0. The van der Waals surface area contributed by atoms with Crippen molar-refractivity contribution in [3.8, 4) is 11.4 Å². The van der Waals surface area contributed by atoms with E-state index in [1.54, 1.807) is 24.3 Å². The first-order chi connectivity index (χ1) is 14.0. The molecule has 1 aliphatic rings. The van der Waals surface area contributed by atoms with E-state index in [4.69, 9.17) is 9.26 Å². The second-order valence-corrected chi connectivity index (χ2v) is 8.66. The van der Waals surface area contributed by atoms with Crippen LogP contribution in [-0.4, -0.2) is 49.2 Å². The van der Waals surface area contributed by atoms with Crippen LogP contribution in [0.3, 0.4) is 0 Å². The molecule has 1 N–H and O–H groups in total. The molecule has 152 valence electrons. The average molecular weight is 414 g/mol. The van der Waals surface area contributed by atoms with Gasteiger partial charge in [-0.1, -0.05) is 35.5 Å². The van der Waals surface area contributed by atoms with Crippen LogP contribution in [0.2, 0.25) is 0 Å². The first-order valence-electron chi connectivity index (χ1n) is 9.34. The highest BCUT2D eigenvalue weighted by Crippen LogP contribution is 2.22. The predicted octanol–water partition coefficient (Wildman–Crippen LogP) is 2.68. The number of sulfonamides is 1. The van der Waals surface area contributed by atoms with Gasteiger partial charge in [0.25, 0.3) is 0 Å². The zero-order valence-corrected chi connectivity index (χ0v) is 16.9. The first kappa shape index (κ1) is 19.6. The van der Waals surface area contributed by atoms with Crippen LogP contribution in [0.15, 0.2) is 57.9 Å². The number of hydrogen-bond acceptors (Lipinski definition) is 7. The van der Waals surface area contributed by atoms with Crippen LogP contribution < -0.4 is 5.32 Å². The van der Waals surface area contributed by atoms with Crippen molar-refractivity contribution in [3.63, 3.8) is 0 Å². The molecule has 9 heteroatoms. The maximum atomic E-state index is 12.8. The molecule has 8 nitrogen and oxygen atoms in total. The van der Waals surface area contributed by atoms with Crippen molar-refractivity contribution < 1.29 is 17.7 Å². The van der Waals surface area contributed by atoms with E-state index < -0.39 is 10.0 Å². The second kappa shape index (κ2) is 8.32. The van der Waals surface area contributed by atoms with Crippen molar-refractivity contribution in [1.29, 1.82) is 0 Å². The molecule has 4 rings (SSSR count). The van der Waals surface area contributed by atoms with Gasteiger partial charge in [-0.05, 0) is 30.7 Å². The molecular weight excluding hydrogens is 392 g/mol. The Morgan fingerprint density at radius 1 is 1.10 bits per heavy atom. The van der Waals surface area contributed by atoms with Crippen molar-refractivity contribution in [1.82, 2.24) is 14.4 Å². The fourth-order valence-electron chi connectivity index (χ4n) is 3.14. The Hall–Kier alpha value is -2.75. The molecule has 0 amide bonds. The Bertz CT molecular complexity index is 1090. The number of nitrogens with one attached hydrogen (secondary N) is 1. The molecule has 1 fully saturated rings. The van der Waals surface area contributed by atoms with Gasteiger partial charge in [0.05, 0.1) is 24.7 Å². The van der Waals surface area contributed by atoms with Gasteiger partial charge in [0, 0.05) is 24.3 Å². The summed E-state index contributed by atoms with van der Waals surface area (Å²) >= 11 is 0. The monoisotopic (exact) mass is 414 g/mol. The lowest BCUT2D eigenvalue weighted by atomic mass is 10.1. The molecule has 1 aromatic heterocycles. The minimum Gasteiger partial charge on any atom is -0.379 e. The van der Waals surface area contributed by atoms with Gasteiger partial charge in [-0.3, -0.25) is 0 Å². The summed E-state index contributed by atoms with van der Waals surface area (Å²) < 4.78 is 37.6. The quantitative estimate of drug-likeness (QED) is 0.662. The van der Waals surface area contributed by atoms with Gasteiger partial charge in [-0.25, -0.2) is 8.42 Å². The van der Waals surface area contributed by atoms with Gasteiger partial charge < -0.3 is 14.6 Å². The Labute approximate surface area is 169 Å². The van der Waals surface area contributed by atoms with Gasteiger partial charge in [0.1, 0.15) is 0 Å². The minimum atomic E-state index is -3.54. The number of anilines is 1. The standard InChI is InChI=1S/C20H22N4O4S/c1-15-5-2-3-8-18(15)20-22-19(28-23-20)14-21-16-6-4-7-17(13-16)29(25,26)24-9-11-27-12-10-24/h2-8,13,21H,9-12,14H2,1H3. The maximum absolute atomic E-state index is 12.8. The van der Waals surface area contributed by atoms with E-state index in [1.165, 1.54) is 4.31 Å². The summed E-state index contributed by atoms with van der Waals surface area (Å²) in [6.07, 6.45) is 0. The highest BCUT2D eigenvalue weighted by atomic mass is 32.2. The largest absolute Gasteiger partial charge is 0.379 e. The van der Waals surface area contributed by atoms with E-state index in [9.17, 15) is 8.42 Å². The molecular formula is C20H22N4O4S. The highest BCUT2D eigenvalue weighted by Gasteiger charge is 2.26. The first-order valence-corrected chi connectivity index (χ1v) is 10.8. The van der Waals surface area contributed by atoms with E-state index in [0.717, 1.165) is 11.1 Å². The Balaban J connectivity index is 1.46. The van der Waals surface area contributed by atoms with E-state index in [1.807, 2.05) is 31.2 Å². The summed E-state index contributed by atoms with van der Waals surface area (Å²) in [4.78, 5) is 4.67. The maximum Gasteiger partial charge on any atom is 0.246 e. The lowest BCUT2D eigenvalue weighted by Crippen LogP contribution is -2.40. The Morgan fingerprint density at radius 2 is 1.90 bits per heavy atom. The van der Waals surface area contributed by atoms with Gasteiger partial charge >= 0.3 is 0 Å². The molecule has 3 aromatic rings. The lowest BCUT2D eigenvalue weighted by Gasteiger charge is -2.26. The normalized spacial score (nSPS) is 15.3. The number of rotatable bonds is 6. The smallest absolute Gasteiger partial charge is 0.246 e. The number of hydrogen-bond donors (Lipinski definition) is 1. The lowest BCUT2D eigenvalue weighted by molar-refractivity contribution is 0.0730. The van der Waals surface area contributed by atoms with Gasteiger partial charge in [0.15, 0.2) is 0 Å². The van der Waals surface area contributed by atoms with E-state index in [2.05, 4.69) is 15.5 Å². The third-order valence-electron chi connectivity index (χ3n) is 4.74. The molecule has 1 saturated heterocycles. The van der Waals surface area contributed by atoms with Crippen LogP contribution in [0.25, 0.3) is 11.4 Å². The van der Waals surface area contributed by atoms with Gasteiger partial charge in [-0.15, -0.1) is 0 Å². The predicted molar refractivity (Wildman–Crippen MR) is 108 cm³/mol. The molecule has 2 heterocycles. The zero-order chi connectivity index (χ0) is 20.3. The second-order valence-electron chi connectivity index (χ2n) is 6.72. The van der Waals surface area contributed by atoms with Gasteiger partial charge in [0.2, 0.25) is 21.7 Å². The van der Waals surface area contributed by atoms with Crippen molar-refractivity contribution in [2.24, 2.45) is 0 Å². The van der Waals surface area contributed by atoms with Crippen LogP contribution in [0.1, 0.15) is 11.5 Å². The molecule has 0 unspecified atom stereocenters. The molecule has 0 atom stereocenters. The summed E-state index contributed by atoms with van der Waals surface area (Å²) in [5.41, 5.74) is 2.64. The fourth-order valence-corrected chi connectivity index (χ4v) is 4.59. The Kier molecular flexibility index (Phi) is 5.61. The minimum absolute atomic E-state index is 0.246. The number of aryl methyl sites for hydroxylation is 1. The van der Waals surface area contributed by atoms with Crippen LogP contribution >= 0.6 is 0 Å². The molecule has 1 aliphatic heterocycles.